The number of allylic oxidation sites excluding steroid dienone is 5. The van der Waals surface area contributed by atoms with Crippen LogP contribution in [0.1, 0.15) is 43.4 Å². The van der Waals surface area contributed by atoms with Crippen molar-refractivity contribution in [3.8, 4) is 0 Å². The van der Waals surface area contributed by atoms with E-state index in [2.05, 4.69) is 50.8 Å². The fourth-order valence-corrected chi connectivity index (χ4v) is 2.79. The molecule has 0 nitrogen and oxygen atoms in total. The van der Waals surface area contributed by atoms with Crippen LogP contribution >= 0.6 is 0 Å². The van der Waals surface area contributed by atoms with Crippen molar-refractivity contribution in [1.29, 1.82) is 0 Å². The van der Waals surface area contributed by atoms with Crippen molar-refractivity contribution in [1.82, 2.24) is 0 Å². The van der Waals surface area contributed by atoms with Crippen LogP contribution in [0.3, 0.4) is 0 Å². The molecule has 0 atom stereocenters. The van der Waals surface area contributed by atoms with Crippen molar-refractivity contribution in [2.75, 3.05) is 0 Å². The fraction of sp³-hybridized carbons (Fsp3) is 0.333. The Bertz CT molecular complexity index is 501. The Morgan fingerprint density at radius 1 is 1.11 bits per heavy atom. The molecule has 1 aliphatic carbocycles. The minimum absolute atomic E-state index is 1.10. The first-order valence-electron chi connectivity index (χ1n) is 6.96. The molecule has 0 amide bonds. The van der Waals surface area contributed by atoms with Gasteiger partial charge in [-0.05, 0) is 53.5 Å². The van der Waals surface area contributed by atoms with Crippen LogP contribution in [0.2, 0.25) is 0 Å². The molecule has 0 saturated heterocycles. The van der Waals surface area contributed by atoms with Gasteiger partial charge >= 0.3 is 0 Å². The van der Waals surface area contributed by atoms with Crippen molar-refractivity contribution < 1.29 is 0 Å². The summed E-state index contributed by atoms with van der Waals surface area (Å²) in [5.41, 5.74) is 7.06. The lowest BCUT2D eigenvalue weighted by molar-refractivity contribution is 1.01. The van der Waals surface area contributed by atoms with Gasteiger partial charge in [-0.25, -0.2) is 0 Å². The number of hydrogen-bond donors (Lipinski definition) is 0. The van der Waals surface area contributed by atoms with Gasteiger partial charge in [0.1, 0.15) is 0 Å². The minimum atomic E-state index is 1.10. The Balaban J connectivity index is 2.54. The molecule has 1 aromatic rings. The van der Waals surface area contributed by atoms with Crippen LogP contribution in [0.5, 0.6) is 0 Å². The predicted molar refractivity (Wildman–Crippen MR) is 80.7 cm³/mol. The molecule has 1 aliphatic rings. The molecular weight excluding hydrogens is 216 g/mol. The zero-order chi connectivity index (χ0) is 13.0. The summed E-state index contributed by atoms with van der Waals surface area (Å²) in [5.74, 6) is 0. The highest BCUT2D eigenvalue weighted by Gasteiger charge is 2.13. The summed E-state index contributed by atoms with van der Waals surface area (Å²) in [6, 6.07) is 6.69. The number of hydrogen-bond acceptors (Lipinski definition) is 0. The number of rotatable bonds is 4. The highest BCUT2D eigenvalue weighted by molar-refractivity contribution is 5.84. The summed E-state index contributed by atoms with van der Waals surface area (Å²) in [4.78, 5) is 0. The molecule has 0 spiro atoms. The van der Waals surface area contributed by atoms with Crippen LogP contribution in [0.15, 0.2) is 48.6 Å². The Labute approximate surface area is 111 Å². The molecule has 0 unspecified atom stereocenters. The van der Waals surface area contributed by atoms with E-state index in [9.17, 15) is 0 Å². The first kappa shape index (κ1) is 12.9. The molecule has 18 heavy (non-hydrogen) atoms. The molecule has 0 N–H and O–H groups in total. The first-order chi connectivity index (χ1) is 8.81. The monoisotopic (exact) mass is 238 g/mol. The largest absolute Gasteiger partial charge is 0.0985 e. The van der Waals surface area contributed by atoms with E-state index in [0.717, 1.165) is 25.7 Å². The average molecular weight is 238 g/mol. The summed E-state index contributed by atoms with van der Waals surface area (Å²) in [6.07, 6.45) is 11.2. The second-order valence-electron chi connectivity index (χ2n) is 4.71. The second-order valence-corrected chi connectivity index (χ2v) is 4.71. The molecule has 1 aromatic carbocycles. The van der Waals surface area contributed by atoms with Gasteiger partial charge in [-0.2, -0.15) is 0 Å². The van der Waals surface area contributed by atoms with Gasteiger partial charge < -0.3 is 0 Å². The molecule has 0 heteroatoms. The maximum Gasteiger partial charge on any atom is -0.0147 e. The third-order valence-electron chi connectivity index (χ3n) is 3.71. The second kappa shape index (κ2) is 5.86. The van der Waals surface area contributed by atoms with Gasteiger partial charge in [-0.15, -0.1) is 0 Å². The Morgan fingerprint density at radius 2 is 1.89 bits per heavy atom. The smallest absolute Gasteiger partial charge is 0.0147 e. The van der Waals surface area contributed by atoms with E-state index < -0.39 is 0 Å². The maximum atomic E-state index is 3.95. The molecule has 0 aromatic heterocycles. The third-order valence-corrected chi connectivity index (χ3v) is 3.71. The van der Waals surface area contributed by atoms with Crippen LogP contribution in [0, 0.1) is 0 Å². The fourth-order valence-electron chi connectivity index (χ4n) is 2.79. The van der Waals surface area contributed by atoms with E-state index in [1.54, 1.807) is 0 Å². The van der Waals surface area contributed by atoms with Crippen molar-refractivity contribution in [2.45, 2.75) is 39.5 Å². The molecular formula is C18H22. The van der Waals surface area contributed by atoms with Crippen molar-refractivity contribution in [2.24, 2.45) is 0 Å². The highest BCUT2D eigenvalue weighted by atomic mass is 14.2. The molecule has 2 rings (SSSR count). The third kappa shape index (κ3) is 2.33. The van der Waals surface area contributed by atoms with Crippen molar-refractivity contribution >= 4 is 5.57 Å². The molecule has 94 valence electrons. The van der Waals surface area contributed by atoms with Crippen LogP contribution < -0.4 is 0 Å². The zero-order valence-electron chi connectivity index (χ0n) is 11.5. The van der Waals surface area contributed by atoms with E-state index >= 15 is 0 Å². The summed E-state index contributed by atoms with van der Waals surface area (Å²) in [5, 5.41) is 0. The van der Waals surface area contributed by atoms with E-state index in [-0.39, 0.29) is 0 Å². The summed E-state index contributed by atoms with van der Waals surface area (Å²) in [6.45, 7) is 8.43. The van der Waals surface area contributed by atoms with Crippen molar-refractivity contribution in [3.63, 3.8) is 0 Å². The average Bonchev–Trinajstić information content (AvgIpc) is 2.46. The van der Waals surface area contributed by atoms with E-state index in [4.69, 9.17) is 0 Å². The normalized spacial score (nSPS) is 15.0. The lowest BCUT2D eigenvalue weighted by Gasteiger charge is -2.19. The van der Waals surface area contributed by atoms with Crippen LogP contribution in [0.25, 0.3) is 5.57 Å². The number of aryl methyl sites for hydroxylation is 1. The predicted octanol–water partition coefficient (Wildman–Crippen LogP) is 5.10. The number of benzene rings is 1. The lowest BCUT2D eigenvalue weighted by atomic mass is 9.86. The molecule has 0 radical (unpaired) electrons. The van der Waals surface area contributed by atoms with E-state index in [1.165, 1.54) is 27.8 Å². The quantitative estimate of drug-likeness (QED) is 0.684. The molecule has 0 bridgehead atoms. The minimum Gasteiger partial charge on any atom is -0.0985 e. The lowest BCUT2D eigenvalue weighted by Crippen LogP contribution is -2.01. The zero-order valence-corrected chi connectivity index (χ0v) is 11.5. The van der Waals surface area contributed by atoms with Gasteiger partial charge in [0.15, 0.2) is 0 Å². The first-order valence-corrected chi connectivity index (χ1v) is 6.96. The van der Waals surface area contributed by atoms with Gasteiger partial charge in [0.2, 0.25) is 0 Å². The van der Waals surface area contributed by atoms with E-state index in [1.807, 2.05) is 6.08 Å². The molecule has 0 aliphatic heterocycles. The molecule has 0 saturated carbocycles. The van der Waals surface area contributed by atoms with Crippen LogP contribution in [-0.4, -0.2) is 0 Å². The Hall–Kier alpha value is -1.56. The summed E-state index contributed by atoms with van der Waals surface area (Å²) >= 11 is 0. The Morgan fingerprint density at radius 3 is 2.56 bits per heavy atom. The van der Waals surface area contributed by atoms with Crippen LogP contribution in [-0.2, 0) is 12.8 Å². The summed E-state index contributed by atoms with van der Waals surface area (Å²) in [7, 11) is 0. The maximum absolute atomic E-state index is 3.95. The van der Waals surface area contributed by atoms with E-state index in [0.29, 0.717) is 0 Å². The van der Waals surface area contributed by atoms with Gasteiger partial charge in [0.25, 0.3) is 0 Å². The topological polar surface area (TPSA) is 0 Å². The van der Waals surface area contributed by atoms with Gasteiger partial charge in [0.05, 0.1) is 0 Å². The standard InChI is InChI=1S/C18H22/c1-4-14-11-9-13-18(16(14)6-3)17-12-8-7-10-15(17)5-2/h5,9-13H,2,4,6-8H2,1,3H3. The molecule has 0 heterocycles. The van der Waals surface area contributed by atoms with Gasteiger partial charge in [0, 0.05) is 0 Å². The van der Waals surface area contributed by atoms with Crippen LogP contribution in [0.4, 0.5) is 0 Å². The molecule has 0 fully saturated rings. The highest BCUT2D eigenvalue weighted by Crippen LogP contribution is 2.32. The van der Waals surface area contributed by atoms with Gasteiger partial charge in [-0.3, -0.25) is 0 Å². The Kier molecular flexibility index (Phi) is 4.19. The van der Waals surface area contributed by atoms with Crippen molar-refractivity contribution in [3.05, 3.63) is 65.3 Å². The SMILES string of the molecule is C=CC1=CCCC=C1c1cccc(CC)c1CC. The van der Waals surface area contributed by atoms with Gasteiger partial charge in [-0.1, -0.05) is 56.9 Å². The summed E-state index contributed by atoms with van der Waals surface area (Å²) < 4.78 is 0.